The summed E-state index contributed by atoms with van der Waals surface area (Å²) in [5, 5.41) is 17.5. The van der Waals surface area contributed by atoms with Crippen molar-refractivity contribution in [3.8, 4) is 0 Å². The lowest BCUT2D eigenvalue weighted by atomic mass is 10.0. The number of rotatable bonds is 5. The Balaban J connectivity index is 2.09. The maximum absolute atomic E-state index is 11.1. The second kappa shape index (κ2) is 6.33. The summed E-state index contributed by atoms with van der Waals surface area (Å²) in [5.41, 5.74) is 5.55. The highest BCUT2D eigenvalue weighted by Gasteiger charge is 2.18. The van der Waals surface area contributed by atoms with Gasteiger partial charge in [-0.25, -0.2) is 0 Å². The predicted molar refractivity (Wildman–Crippen MR) is 75.7 cm³/mol. The summed E-state index contributed by atoms with van der Waals surface area (Å²) in [5.74, 6) is -0.673. The molecule has 1 amide bonds. The number of amides is 1. The molecule has 1 saturated heterocycles. The largest absolute Gasteiger partial charge is 0.378 e. The van der Waals surface area contributed by atoms with E-state index < -0.39 is 10.8 Å². The summed E-state index contributed by atoms with van der Waals surface area (Å²) < 4.78 is 0. The topological polar surface area (TPSA) is 110 Å². The van der Waals surface area contributed by atoms with Crippen molar-refractivity contribution in [2.75, 3.05) is 18.4 Å². The van der Waals surface area contributed by atoms with Crippen molar-refractivity contribution in [2.24, 2.45) is 5.73 Å². The van der Waals surface area contributed by atoms with Crippen LogP contribution in [0.2, 0.25) is 0 Å². The zero-order valence-corrected chi connectivity index (χ0v) is 11.1. The van der Waals surface area contributed by atoms with Crippen molar-refractivity contribution in [1.29, 1.82) is 0 Å². The molecule has 20 heavy (non-hydrogen) atoms. The molecular weight excluding hydrogens is 260 g/mol. The molecule has 0 aliphatic carbocycles. The second-order valence-electron chi connectivity index (χ2n) is 4.88. The minimum Gasteiger partial charge on any atom is -0.378 e. The van der Waals surface area contributed by atoms with Crippen molar-refractivity contribution >= 4 is 17.3 Å². The van der Waals surface area contributed by atoms with E-state index in [4.69, 9.17) is 5.73 Å². The third kappa shape index (κ3) is 3.45. The molecule has 0 radical (unpaired) electrons. The van der Waals surface area contributed by atoms with Gasteiger partial charge in [0, 0.05) is 24.2 Å². The molecule has 0 saturated carbocycles. The maximum Gasteiger partial charge on any atom is 0.293 e. The monoisotopic (exact) mass is 278 g/mol. The quantitative estimate of drug-likeness (QED) is 0.554. The molecule has 7 heteroatoms. The molecule has 1 aliphatic rings. The lowest BCUT2D eigenvalue weighted by Crippen LogP contribution is -2.39. The van der Waals surface area contributed by atoms with Crippen LogP contribution in [0.4, 0.5) is 11.4 Å². The van der Waals surface area contributed by atoms with Crippen LogP contribution in [0.15, 0.2) is 18.2 Å². The first-order valence-corrected chi connectivity index (χ1v) is 6.63. The maximum atomic E-state index is 11.1. The molecule has 2 rings (SSSR count). The molecule has 0 aromatic heterocycles. The molecule has 1 aromatic carbocycles. The van der Waals surface area contributed by atoms with E-state index in [0.29, 0.717) is 18.3 Å². The van der Waals surface area contributed by atoms with Gasteiger partial charge in [0.1, 0.15) is 5.69 Å². The summed E-state index contributed by atoms with van der Waals surface area (Å²) >= 11 is 0. The number of hydrogen-bond donors (Lipinski definition) is 3. The van der Waals surface area contributed by atoms with Crippen molar-refractivity contribution in [3.63, 3.8) is 0 Å². The number of nitrogens with two attached hydrogens (primary N) is 1. The molecule has 0 bridgehead atoms. The zero-order chi connectivity index (χ0) is 14.5. The smallest absolute Gasteiger partial charge is 0.293 e. The highest BCUT2D eigenvalue weighted by molar-refractivity contribution is 5.94. The minimum absolute atomic E-state index is 0.128. The average Bonchev–Trinajstić information content (AvgIpc) is 2.45. The number of nitrogens with one attached hydrogen (secondary N) is 2. The molecular formula is C13H18N4O3. The van der Waals surface area contributed by atoms with E-state index in [-0.39, 0.29) is 11.3 Å². The molecule has 7 nitrogen and oxygen atoms in total. The average molecular weight is 278 g/mol. The fourth-order valence-electron chi connectivity index (χ4n) is 2.32. The fourth-order valence-corrected chi connectivity index (χ4v) is 2.32. The van der Waals surface area contributed by atoms with Gasteiger partial charge in [0.25, 0.3) is 5.69 Å². The highest BCUT2D eigenvalue weighted by Crippen LogP contribution is 2.25. The Bertz CT molecular complexity index is 512. The lowest BCUT2D eigenvalue weighted by molar-refractivity contribution is -0.384. The number of piperidine rings is 1. The Kier molecular flexibility index (Phi) is 4.52. The van der Waals surface area contributed by atoms with Crippen LogP contribution in [0.1, 0.15) is 29.6 Å². The van der Waals surface area contributed by atoms with Gasteiger partial charge in [-0.2, -0.15) is 0 Å². The van der Waals surface area contributed by atoms with Crippen molar-refractivity contribution < 1.29 is 9.72 Å². The third-order valence-electron chi connectivity index (χ3n) is 3.43. The van der Waals surface area contributed by atoms with Crippen LogP contribution in [0, 0.1) is 10.1 Å². The van der Waals surface area contributed by atoms with Gasteiger partial charge >= 0.3 is 0 Å². The van der Waals surface area contributed by atoms with E-state index in [0.717, 1.165) is 13.0 Å². The first kappa shape index (κ1) is 14.3. The highest BCUT2D eigenvalue weighted by atomic mass is 16.6. The molecule has 1 fully saturated rings. The normalized spacial score (nSPS) is 18.5. The molecule has 4 N–H and O–H groups in total. The SMILES string of the molecule is NC(=O)c1ccc(NCC2CCCCN2)c([N+](=O)[O-])c1. The van der Waals surface area contributed by atoms with Crippen molar-refractivity contribution in [2.45, 2.75) is 25.3 Å². The van der Waals surface area contributed by atoms with E-state index in [9.17, 15) is 14.9 Å². The van der Waals surface area contributed by atoms with Crippen molar-refractivity contribution in [3.05, 3.63) is 33.9 Å². The van der Waals surface area contributed by atoms with Crippen LogP contribution in [0.25, 0.3) is 0 Å². The number of benzene rings is 1. The summed E-state index contributed by atoms with van der Waals surface area (Å²) in [6.45, 7) is 1.60. The van der Waals surface area contributed by atoms with Crippen LogP contribution in [-0.2, 0) is 0 Å². The summed E-state index contributed by atoms with van der Waals surface area (Å²) in [6, 6.07) is 4.55. The lowest BCUT2D eigenvalue weighted by Gasteiger charge is -2.24. The number of carbonyl (C=O) groups is 1. The van der Waals surface area contributed by atoms with Crippen LogP contribution in [0.5, 0.6) is 0 Å². The van der Waals surface area contributed by atoms with Gasteiger partial charge < -0.3 is 16.4 Å². The molecule has 1 heterocycles. The first-order valence-electron chi connectivity index (χ1n) is 6.63. The van der Waals surface area contributed by atoms with Crippen LogP contribution < -0.4 is 16.4 Å². The Hall–Kier alpha value is -2.15. The predicted octanol–water partition coefficient (Wildman–Crippen LogP) is 1.25. The third-order valence-corrected chi connectivity index (χ3v) is 3.43. The Morgan fingerprint density at radius 1 is 1.50 bits per heavy atom. The number of primary amides is 1. The van der Waals surface area contributed by atoms with E-state index in [1.807, 2.05) is 0 Å². The number of nitro groups is 1. The standard InChI is InChI=1S/C13H18N4O3/c14-13(18)9-4-5-11(12(7-9)17(19)20)16-8-10-3-1-2-6-15-10/h4-5,7,10,15-16H,1-3,6,8H2,(H2,14,18). The Morgan fingerprint density at radius 3 is 2.90 bits per heavy atom. The minimum atomic E-state index is -0.673. The molecule has 0 spiro atoms. The van der Waals surface area contributed by atoms with Gasteiger partial charge in [-0.05, 0) is 31.5 Å². The number of carbonyl (C=O) groups excluding carboxylic acids is 1. The number of nitrogens with zero attached hydrogens (tertiary/aromatic N) is 1. The van der Waals surface area contributed by atoms with Crippen LogP contribution in [0.3, 0.4) is 0 Å². The van der Waals surface area contributed by atoms with Crippen LogP contribution in [-0.4, -0.2) is 30.0 Å². The van der Waals surface area contributed by atoms with E-state index in [1.54, 1.807) is 0 Å². The van der Waals surface area contributed by atoms with Gasteiger partial charge in [0.05, 0.1) is 4.92 Å². The van der Waals surface area contributed by atoms with Crippen molar-refractivity contribution in [1.82, 2.24) is 5.32 Å². The summed E-state index contributed by atoms with van der Waals surface area (Å²) in [6.07, 6.45) is 3.40. The zero-order valence-electron chi connectivity index (χ0n) is 11.1. The molecule has 1 atom stereocenters. The van der Waals surface area contributed by atoms with Crippen LogP contribution >= 0.6 is 0 Å². The first-order chi connectivity index (χ1) is 9.58. The second-order valence-corrected chi connectivity index (χ2v) is 4.88. The molecule has 108 valence electrons. The molecule has 1 aromatic rings. The Labute approximate surface area is 116 Å². The summed E-state index contributed by atoms with van der Waals surface area (Å²) in [7, 11) is 0. The van der Waals surface area contributed by atoms with E-state index in [1.165, 1.54) is 31.0 Å². The van der Waals surface area contributed by atoms with E-state index >= 15 is 0 Å². The molecule has 1 unspecified atom stereocenters. The van der Waals surface area contributed by atoms with Gasteiger partial charge in [-0.1, -0.05) is 6.42 Å². The fraction of sp³-hybridized carbons (Fsp3) is 0.462. The molecule has 1 aliphatic heterocycles. The van der Waals surface area contributed by atoms with Gasteiger partial charge in [-0.3, -0.25) is 14.9 Å². The van der Waals surface area contributed by atoms with E-state index in [2.05, 4.69) is 10.6 Å². The van der Waals surface area contributed by atoms with Gasteiger partial charge in [0.2, 0.25) is 5.91 Å². The number of hydrogen-bond acceptors (Lipinski definition) is 5. The Morgan fingerprint density at radius 2 is 2.30 bits per heavy atom. The number of anilines is 1. The van der Waals surface area contributed by atoms with Gasteiger partial charge in [0.15, 0.2) is 0 Å². The van der Waals surface area contributed by atoms with Gasteiger partial charge in [-0.15, -0.1) is 0 Å². The summed E-state index contributed by atoms with van der Waals surface area (Å²) in [4.78, 5) is 21.6. The number of nitro benzene ring substituents is 1.